The molecule has 21 heavy (non-hydrogen) atoms. The Morgan fingerprint density at radius 2 is 2.29 bits per heavy atom. The van der Waals surface area contributed by atoms with Crippen molar-refractivity contribution in [1.82, 2.24) is 20.1 Å². The number of rotatable bonds is 5. The zero-order valence-corrected chi connectivity index (χ0v) is 12.7. The van der Waals surface area contributed by atoms with E-state index < -0.39 is 0 Å². The predicted molar refractivity (Wildman–Crippen MR) is 81.5 cm³/mol. The van der Waals surface area contributed by atoms with Gasteiger partial charge in [0.25, 0.3) is 5.91 Å². The van der Waals surface area contributed by atoms with Crippen LogP contribution in [0.3, 0.4) is 0 Å². The first kappa shape index (κ1) is 15.2. The number of benzene rings is 1. The molecule has 4 N–H and O–H groups in total. The van der Waals surface area contributed by atoms with E-state index in [0.29, 0.717) is 27.8 Å². The Labute approximate surface area is 125 Å². The Balaban J connectivity index is 2.41. The minimum atomic E-state index is -0.259. The molecule has 0 fully saturated rings. The molecule has 2 rings (SSSR count). The molecule has 0 saturated carbocycles. The fraction of sp³-hybridized carbons (Fsp3) is 0.308. The maximum atomic E-state index is 11.9. The molecule has 0 radical (unpaired) electrons. The molecule has 112 valence electrons. The number of hydrogen-bond acceptors (Lipinski definition) is 5. The molecule has 0 saturated heterocycles. The van der Waals surface area contributed by atoms with Crippen LogP contribution in [0.15, 0.2) is 33.0 Å². The fourth-order valence-corrected chi connectivity index (χ4v) is 2.88. The zero-order valence-electron chi connectivity index (χ0n) is 11.8. The molecule has 7 nitrogen and oxygen atoms in total. The van der Waals surface area contributed by atoms with E-state index >= 15 is 0 Å². The number of carbonyl (C=O) groups is 1. The number of hydrogen-bond donors (Lipinski definition) is 3. The maximum absolute atomic E-state index is 11.9. The van der Waals surface area contributed by atoms with Crippen LogP contribution in [-0.4, -0.2) is 27.7 Å². The van der Waals surface area contributed by atoms with Gasteiger partial charge in [0.05, 0.1) is 5.56 Å². The molecule has 1 aromatic carbocycles. The number of nitrogens with one attached hydrogen (secondary N) is 2. The van der Waals surface area contributed by atoms with Gasteiger partial charge < -0.3 is 11.1 Å². The predicted octanol–water partition coefficient (Wildman–Crippen LogP) is 1.07. The monoisotopic (exact) mass is 307 g/mol. The van der Waals surface area contributed by atoms with E-state index in [-0.39, 0.29) is 11.6 Å². The number of aromatic amines is 1. The number of nitrogen functional groups attached to an aromatic ring is 1. The summed E-state index contributed by atoms with van der Waals surface area (Å²) in [6, 6.07) is 5.02. The van der Waals surface area contributed by atoms with E-state index in [1.165, 1.54) is 11.8 Å². The lowest BCUT2D eigenvalue weighted by atomic mass is 10.2. The summed E-state index contributed by atoms with van der Waals surface area (Å²) in [6.45, 7) is 2.54. The van der Waals surface area contributed by atoms with Crippen molar-refractivity contribution in [2.75, 3.05) is 12.8 Å². The molecule has 8 heteroatoms. The number of nitrogens with zero attached hydrogens (tertiary/aromatic N) is 2. The van der Waals surface area contributed by atoms with E-state index in [4.69, 9.17) is 5.73 Å². The second kappa shape index (κ2) is 6.49. The van der Waals surface area contributed by atoms with Crippen LogP contribution in [-0.2, 0) is 6.54 Å². The topological polar surface area (TPSA) is 106 Å². The Morgan fingerprint density at radius 3 is 2.95 bits per heavy atom. The molecule has 0 bridgehead atoms. The Kier molecular flexibility index (Phi) is 4.69. The van der Waals surface area contributed by atoms with Gasteiger partial charge in [0.1, 0.15) is 0 Å². The lowest BCUT2D eigenvalue weighted by Gasteiger charge is -2.09. The number of carbonyl (C=O) groups excluding carboxylic acids is 1. The minimum Gasteiger partial charge on any atom is -0.399 e. The number of H-pyrrole nitrogens is 1. The van der Waals surface area contributed by atoms with E-state index in [2.05, 4.69) is 15.5 Å². The molecule has 0 unspecified atom stereocenters. The van der Waals surface area contributed by atoms with E-state index in [1.807, 2.05) is 6.92 Å². The lowest BCUT2D eigenvalue weighted by Crippen LogP contribution is -2.19. The van der Waals surface area contributed by atoms with Gasteiger partial charge in [-0.1, -0.05) is 6.92 Å². The quantitative estimate of drug-likeness (QED) is 0.717. The molecule has 0 atom stereocenters. The van der Waals surface area contributed by atoms with Gasteiger partial charge in [0.2, 0.25) is 0 Å². The summed E-state index contributed by atoms with van der Waals surface area (Å²) in [5, 5.41) is 9.52. The van der Waals surface area contributed by atoms with Gasteiger partial charge in [-0.05, 0) is 36.4 Å². The summed E-state index contributed by atoms with van der Waals surface area (Å²) in [5.74, 6) is -0.211. The Bertz CT molecular complexity index is 707. The van der Waals surface area contributed by atoms with E-state index in [9.17, 15) is 9.59 Å². The second-order valence-corrected chi connectivity index (χ2v) is 5.41. The Morgan fingerprint density at radius 1 is 1.52 bits per heavy atom. The highest BCUT2D eigenvalue weighted by atomic mass is 32.2. The number of nitrogens with two attached hydrogens (primary N) is 1. The summed E-state index contributed by atoms with van der Waals surface area (Å²) < 4.78 is 1.54. The van der Waals surface area contributed by atoms with Gasteiger partial charge in [-0.15, -0.1) is 5.10 Å². The number of amides is 1. The van der Waals surface area contributed by atoms with Crippen molar-refractivity contribution in [3.05, 3.63) is 34.2 Å². The van der Waals surface area contributed by atoms with Crippen molar-refractivity contribution in [2.45, 2.75) is 29.9 Å². The van der Waals surface area contributed by atoms with Gasteiger partial charge in [-0.2, -0.15) is 0 Å². The van der Waals surface area contributed by atoms with Crippen LogP contribution < -0.4 is 16.7 Å². The standard InChI is InChI=1S/C13H17N5O2S/c1-3-6-18-12(20)16-17-13(18)21-10-7-8(14)4-5-9(10)11(19)15-2/h4-5,7H,3,6,14H2,1-2H3,(H,15,19)(H,16,20). The molecular formula is C13H17N5O2S. The largest absolute Gasteiger partial charge is 0.399 e. The van der Waals surface area contributed by atoms with Gasteiger partial charge in [0, 0.05) is 24.2 Å². The molecular weight excluding hydrogens is 290 g/mol. The highest BCUT2D eigenvalue weighted by Crippen LogP contribution is 2.30. The van der Waals surface area contributed by atoms with Gasteiger partial charge in [-0.25, -0.2) is 9.89 Å². The molecule has 0 aliphatic heterocycles. The molecule has 1 aromatic heterocycles. The van der Waals surface area contributed by atoms with Crippen LogP contribution in [0.2, 0.25) is 0 Å². The van der Waals surface area contributed by atoms with Crippen molar-refractivity contribution < 1.29 is 4.79 Å². The highest BCUT2D eigenvalue weighted by molar-refractivity contribution is 7.99. The third-order valence-corrected chi connectivity index (χ3v) is 3.90. The minimum absolute atomic E-state index is 0.211. The second-order valence-electron chi connectivity index (χ2n) is 4.40. The molecule has 1 amide bonds. The lowest BCUT2D eigenvalue weighted by molar-refractivity contribution is 0.0960. The van der Waals surface area contributed by atoms with E-state index in [1.54, 1.807) is 29.8 Å². The van der Waals surface area contributed by atoms with Crippen molar-refractivity contribution in [2.24, 2.45) is 0 Å². The highest BCUT2D eigenvalue weighted by Gasteiger charge is 2.15. The normalized spacial score (nSPS) is 10.6. The third kappa shape index (κ3) is 3.27. The molecule has 0 aliphatic carbocycles. The summed E-state index contributed by atoms with van der Waals surface area (Å²) >= 11 is 1.24. The van der Waals surface area contributed by atoms with Crippen LogP contribution in [0.5, 0.6) is 0 Å². The molecule has 0 spiro atoms. The van der Waals surface area contributed by atoms with Crippen LogP contribution in [0.1, 0.15) is 23.7 Å². The van der Waals surface area contributed by atoms with E-state index in [0.717, 1.165) is 6.42 Å². The van der Waals surface area contributed by atoms with Gasteiger partial charge in [-0.3, -0.25) is 9.36 Å². The summed E-state index contributed by atoms with van der Waals surface area (Å²) in [4.78, 5) is 24.2. The van der Waals surface area contributed by atoms with Crippen molar-refractivity contribution in [1.29, 1.82) is 0 Å². The smallest absolute Gasteiger partial charge is 0.343 e. The summed E-state index contributed by atoms with van der Waals surface area (Å²) in [7, 11) is 1.56. The maximum Gasteiger partial charge on any atom is 0.343 e. The number of aromatic nitrogens is 3. The molecule has 2 aromatic rings. The fourth-order valence-electron chi connectivity index (χ4n) is 1.85. The zero-order chi connectivity index (χ0) is 15.4. The van der Waals surface area contributed by atoms with Crippen molar-refractivity contribution in [3.8, 4) is 0 Å². The van der Waals surface area contributed by atoms with Crippen LogP contribution >= 0.6 is 11.8 Å². The number of anilines is 1. The first-order valence-corrected chi connectivity index (χ1v) is 7.33. The van der Waals surface area contributed by atoms with Gasteiger partial charge >= 0.3 is 5.69 Å². The van der Waals surface area contributed by atoms with Crippen molar-refractivity contribution in [3.63, 3.8) is 0 Å². The third-order valence-electron chi connectivity index (χ3n) is 2.85. The Hall–Kier alpha value is -2.22. The average molecular weight is 307 g/mol. The average Bonchev–Trinajstić information content (AvgIpc) is 2.80. The van der Waals surface area contributed by atoms with Crippen LogP contribution in [0.4, 0.5) is 5.69 Å². The SMILES string of the molecule is CCCn1c(Sc2cc(N)ccc2C(=O)NC)n[nH]c1=O. The summed E-state index contributed by atoms with van der Waals surface area (Å²) in [6.07, 6.45) is 0.812. The van der Waals surface area contributed by atoms with Crippen molar-refractivity contribution >= 4 is 23.4 Å². The molecule has 1 heterocycles. The van der Waals surface area contributed by atoms with Crippen LogP contribution in [0.25, 0.3) is 0 Å². The van der Waals surface area contributed by atoms with Crippen LogP contribution in [0, 0.1) is 0 Å². The molecule has 0 aliphatic rings. The first-order chi connectivity index (χ1) is 10.1. The first-order valence-electron chi connectivity index (χ1n) is 6.51. The summed E-state index contributed by atoms with van der Waals surface area (Å²) in [5.41, 5.74) is 6.57. The van der Waals surface area contributed by atoms with Gasteiger partial charge in [0.15, 0.2) is 5.16 Å².